The molecule has 9 heteroatoms. The van der Waals surface area contributed by atoms with Gasteiger partial charge in [-0.2, -0.15) is 0 Å². The van der Waals surface area contributed by atoms with E-state index in [0.717, 1.165) is 12.8 Å². The molecule has 1 aromatic carbocycles. The Balaban J connectivity index is 1.90. The highest BCUT2D eigenvalue weighted by molar-refractivity contribution is 5.98. The highest BCUT2D eigenvalue weighted by Crippen LogP contribution is 2.33. The molecule has 0 spiro atoms. The molecule has 0 saturated heterocycles. The van der Waals surface area contributed by atoms with Gasteiger partial charge in [-0.15, -0.1) is 0 Å². The molecule has 0 unspecified atom stereocenters. The number of nitrogens with zero attached hydrogens (tertiary/aromatic N) is 2. The minimum absolute atomic E-state index is 0.0121. The van der Waals surface area contributed by atoms with Gasteiger partial charge in [0.05, 0.1) is 17.7 Å². The van der Waals surface area contributed by atoms with Crippen LogP contribution >= 0.6 is 0 Å². The molecule has 9 nitrogen and oxygen atoms in total. The summed E-state index contributed by atoms with van der Waals surface area (Å²) in [5.41, 5.74) is 0.913. The highest BCUT2D eigenvalue weighted by atomic mass is 16.5. The molecular weight excluding hydrogens is 448 g/mol. The number of benzene rings is 1. The van der Waals surface area contributed by atoms with Crippen molar-refractivity contribution in [2.24, 2.45) is 11.8 Å². The van der Waals surface area contributed by atoms with Crippen molar-refractivity contribution in [1.29, 1.82) is 0 Å². The van der Waals surface area contributed by atoms with Gasteiger partial charge in [0.1, 0.15) is 12.4 Å². The minimum Gasteiger partial charge on any atom is -0.491 e. The van der Waals surface area contributed by atoms with E-state index in [2.05, 4.69) is 17.6 Å². The molecule has 2 N–H and O–H groups in total. The number of rotatable bonds is 5. The fourth-order valence-electron chi connectivity index (χ4n) is 4.31. The Labute approximate surface area is 208 Å². The largest absolute Gasteiger partial charge is 0.491 e. The molecule has 0 aromatic heterocycles. The predicted molar refractivity (Wildman–Crippen MR) is 135 cm³/mol. The number of urea groups is 1. The summed E-state index contributed by atoms with van der Waals surface area (Å²) in [6.07, 6.45) is 2.56. The van der Waals surface area contributed by atoms with E-state index in [1.165, 1.54) is 0 Å². The van der Waals surface area contributed by atoms with Gasteiger partial charge in [-0.3, -0.25) is 9.59 Å². The van der Waals surface area contributed by atoms with Gasteiger partial charge in [0.15, 0.2) is 0 Å². The summed E-state index contributed by atoms with van der Waals surface area (Å²) in [6, 6.07) is 4.47. The van der Waals surface area contributed by atoms with Crippen molar-refractivity contribution in [1.82, 2.24) is 15.1 Å². The third-order valence-corrected chi connectivity index (χ3v) is 6.60. The summed E-state index contributed by atoms with van der Waals surface area (Å²) in [6.45, 7) is 8.91. The lowest BCUT2D eigenvalue weighted by Crippen LogP contribution is -2.48. The van der Waals surface area contributed by atoms with Crippen LogP contribution in [0, 0.1) is 11.8 Å². The molecule has 4 amide bonds. The predicted octanol–water partition coefficient (Wildman–Crippen LogP) is 3.35. The van der Waals surface area contributed by atoms with Crippen LogP contribution in [0.2, 0.25) is 0 Å². The highest BCUT2D eigenvalue weighted by Gasteiger charge is 2.33. The van der Waals surface area contributed by atoms with Gasteiger partial charge in [0.25, 0.3) is 5.91 Å². The van der Waals surface area contributed by atoms with Gasteiger partial charge >= 0.3 is 6.03 Å². The molecule has 3 rings (SSSR count). The maximum absolute atomic E-state index is 13.3. The first kappa shape index (κ1) is 26.8. The topological polar surface area (TPSA) is 100 Å². The number of hydrogen-bond acceptors (Lipinski definition) is 5. The molecule has 1 aliphatic heterocycles. The Bertz CT molecular complexity index is 917. The summed E-state index contributed by atoms with van der Waals surface area (Å²) < 4.78 is 11.9. The molecule has 3 atom stereocenters. The van der Waals surface area contributed by atoms with Crippen LogP contribution in [0.25, 0.3) is 0 Å². The lowest BCUT2D eigenvalue weighted by molar-refractivity contribution is -0.135. The number of carbonyl (C=O) groups is 3. The molecule has 194 valence electrons. The van der Waals surface area contributed by atoms with Gasteiger partial charge in [-0.05, 0) is 51.7 Å². The number of fused-ring (bicyclic) bond motifs is 1. The lowest BCUT2D eigenvalue weighted by atomic mass is 10.0. The number of anilines is 1. The van der Waals surface area contributed by atoms with Crippen molar-refractivity contribution in [2.75, 3.05) is 39.2 Å². The van der Waals surface area contributed by atoms with Crippen LogP contribution in [0.15, 0.2) is 18.2 Å². The van der Waals surface area contributed by atoms with E-state index in [-0.39, 0.29) is 48.6 Å². The van der Waals surface area contributed by atoms with E-state index in [1.54, 1.807) is 37.3 Å². The van der Waals surface area contributed by atoms with E-state index >= 15 is 0 Å². The monoisotopic (exact) mass is 488 g/mol. The molecule has 0 radical (unpaired) electrons. The van der Waals surface area contributed by atoms with Crippen LogP contribution in [0.4, 0.5) is 10.5 Å². The Kier molecular flexibility index (Phi) is 8.99. The van der Waals surface area contributed by atoms with Gasteiger partial charge < -0.3 is 29.9 Å². The number of hydrogen-bond donors (Lipinski definition) is 2. The summed E-state index contributed by atoms with van der Waals surface area (Å²) in [7, 11) is 3.37. The van der Waals surface area contributed by atoms with Gasteiger partial charge in [0, 0.05) is 57.4 Å². The summed E-state index contributed by atoms with van der Waals surface area (Å²) >= 11 is 0. The molecule has 1 saturated carbocycles. The van der Waals surface area contributed by atoms with Crippen LogP contribution in [-0.2, 0) is 9.53 Å². The second-order valence-electron chi connectivity index (χ2n) is 10.3. The van der Waals surface area contributed by atoms with Crippen molar-refractivity contribution in [3.63, 3.8) is 0 Å². The summed E-state index contributed by atoms with van der Waals surface area (Å²) in [4.78, 5) is 42.2. The van der Waals surface area contributed by atoms with Crippen molar-refractivity contribution < 1.29 is 23.9 Å². The zero-order chi connectivity index (χ0) is 25.7. The number of methoxy groups -OCH3 is 1. The Morgan fingerprint density at radius 1 is 1.20 bits per heavy atom. The van der Waals surface area contributed by atoms with Crippen molar-refractivity contribution in [3.05, 3.63) is 23.8 Å². The van der Waals surface area contributed by atoms with Crippen molar-refractivity contribution in [2.45, 2.75) is 65.1 Å². The smallest absolute Gasteiger partial charge is 0.319 e. The van der Waals surface area contributed by atoms with E-state index in [4.69, 9.17) is 9.47 Å². The third-order valence-electron chi connectivity index (χ3n) is 6.60. The summed E-state index contributed by atoms with van der Waals surface area (Å²) in [5.74, 6) is 0.828. The Morgan fingerprint density at radius 3 is 2.54 bits per heavy atom. The van der Waals surface area contributed by atoms with Crippen LogP contribution in [-0.4, -0.2) is 79.7 Å². The first-order valence-electron chi connectivity index (χ1n) is 12.5. The Morgan fingerprint density at radius 2 is 1.91 bits per heavy atom. The molecule has 1 fully saturated rings. The van der Waals surface area contributed by atoms with Crippen LogP contribution < -0.4 is 15.4 Å². The number of carbonyl (C=O) groups excluding carboxylic acids is 3. The van der Waals surface area contributed by atoms with Gasteiger partial charge in [-0.25, -0.2) is 4.79 Å². The minimum atomic E-state index is -0.335. The normalized spacial score (nSPS) is 23.6. The molecule has 1 aromatic rings. The van der Waals surface area contributed by atoms with Crippen LogP contribution in [0.1, 0.15) is 57.3 Å². The van der Waals surface area contributed by atoms with Crippen LogP contribution in [0.3, 0.4) is 0 Å². The van der Waals surface area contributed by atoms with Gasteiger partial charge in [-0.1, -0.05) is 6.92 Å². The number of ether oxygens (including phenoxy) is 2. The SMILES string of the molecule is CO[C@@H]1CN(C)C(=O)c2ccc(NC(=O)NC(C)C)cc2OC[C@@H](C)N(C(=O)CC2CC2)C[C@@H]1C. The molecule has 35 heavy (non-hydrogen) atoms. The van der Waals surface area contributed by atoms with E-state index in [0.29, 0.717) is 42.4 Å². The number of amides is 4. The maximum atomic E-state index is 13.3. The number of nitrogens with one attached hydrogen (secondary N) is 2. The fraction of sp³-hybridized carbons (Fsp3) is 0.654. The van der Waals surface area contributed by atoms with Crippen molar-refractivity contribution >= 4 is 23.5 Å². The molecule has 1 heterocycles. The zero-order valence-corrected chi connectivity index (χ0v) is 21.8. The molecular formula is C26H40N4O5. The average molecular weight is 489 g/mol. The first-order valence-corrected chi connectivity index (χ1v) is 12.5. The molecule has 0 bridgehead atoms. The zero-order valence-electron chi connectivity index (χ0n) is 21.8. The lowest BCUT2D eigenvalue weighted by Gasteiger charge is -2.36. The quantitative estimate of drug-likeness (QED) is 0.662. The molecule has 1 aliphatic carbocycles. The average Bonchev–Trinajstić information content (AvgIpc) is 3.61. The molecule has 2 aliphatic rings. The van der Waals surface area contributed by atoms with Gasteiger partial charge in [0.2, 0.25) is 5.91 Å². The number of likely N-dealkylation sites (N-methyl/N-ethyl adjacent to an activating group) is 1. The second kappa shape index (κ2) is 11.7. The van der Waals surface area contributed by atoms with E-state index < -0.39 is 0 Å². The fourth-order valence-corrected chi connectivity index (χ4v) is 4.31. The second-order valence-corrected chi connectivity index (χ2v) is 10.3. The standard InChI is InChI=1S/C26H40N4O5/c1-16(2)27-26(33)28-20-9-10-21-22(12-20)35-15-18(4)30(24(31)11-19-7-8-19)13-17(3)23(34-6)14-29(5)25(21)32/h9-10,12,16-19,23H,7-8,11,13-15H2,1-6H3,(H2,27,28,33)/t17-,18+,23+/m0/s1. The first-order chi connectivity index (χ1) is 16.6. The van der Waals surface area contributed by atoms with Crippen LogP contribution in [0.5, 0.6) is 5.75 Å². The van der Waals surface area contributed by atoms with Crippen molar-refractivity contribution in [3.8, 4) is 5.75 Å². The third kappa shape index (κ3) is 7.34. The Hall–Kier alpha value is -2.81. The maximum Gasteiger partial charge on any atom is 0.319 e. The van der Waals surface area contributed by atoms with E-state index in [9.17, 15) is 14.4 Å². The van der Waals surface area contributed by atoms with E-state index in [1.807, 2.05) is 25.7 Å². The summed E-state index contributed by atoms with van der Waals surface area (Å²) in [5, 5.41) is 5.57.